The van der Waals surface area contributed by atoms with Crippen LogP contribution in [0.2, 0.25) is 10.0 Å². The van der Waals surface area contributed by atoms with E-state index in [2.05, 4.69) is 10.3 Å². The van der Waals surface area contributed by atoms with Crippen LogP contribution in [0.1, 0.15) is 18.5 Å². The molecule has 0 aliphatic heterocycles. The molecule has 0 atom stereocenters. The van der Waals surface area contributed by atoms with E-state index in [1.165, 1.54) is 12.8 Å². The van der Waals surface area contributed by atoms with E-state index in [9.17, 15) is 0 Å². The first kappa shape index (κ1) is 12.0. The van der Waals surface area contributed by atoms with E-state index in [-0.39, 0.29) is 0 Å². The van der Waals surface area contributed by atoms with Crippen LogP contribution in [-0.4, -0.2) is 11.0 Å². The summed E-state index contributed by atoms with van der Waals surface area (Å²) in [7, 11) is 0. The maximum absolute atomic E-state index is 6.11. The lowest BCUT2D eigenvalue weighted by Gasteiger charge is -1.99. The van der Waals surface area contributed by atoms with E-state index < -0.39 is 0 Å². The van der Waals surface area contributed by atoms with Gasteiger partial charge in [0.25, 0.3) is 0 Å². The molecule has 0 bridgehead atoms. The Morgan fingerprint density at radius 1 is 1.33 bits per heavy atom. The topological polar surface area (TPSA) is 38.1 Å². The van der Waals surface area contributed by atoms with Crippen molar-refractivity contribution in [1.29, 1.82) is 0 Å². The third kappa shape index (κ3) is 2.69. The van der Waals surface area contributed by atoms with Crippen molar-refractivity contribution in [1.82, 2.24) is 10.3 Å². The molecular weight excluding hydrogens is 271 g/mol. The quantitative estimate of drug-likeness (QED) is 0.924. The van der Waals surface area contributed by atoms with Gasteiger partial charge < -0.3 is 9.73 Å². The van der Waals surface area contributed by atoms with E-state index in [4.69, 9.17) is 27.6 Å². The van der Waals surface area contributed by atoms with E-state index >= 15 is 0 Å². The highest BCUT2D eigenvalue weighted by atomic mass is 35.5. The lowest BCUT2D eigenvalue weighted by atomic mass is 10.2. The Hall–Kier alpha value is -1.03. The lowest BCUT2D eigenvalue weighted by molar-refractivity contribution is 0.570. The Kier molecular flexibility index (Phi) is 3.29. The third-order valence-corrected chi connectivity index (χ3v) is 3.41. The molecule has 0 unspecified atom stereocenters. The fourth-order valence-electron chi connectivity index (χ4n) is 1.71. The lowest BCUT2D eigenvalue weighted by Crippen LogP contribution is -2.15. The second-order valence-electron chi connectivity index (χ2n) is 4.42. The number of oxazole rings is 1. The molecule has 1 aliphatic carbocycles. The summed E-state index contributed by atoms with van der Waals surface area (Å²) in [5, 5.41) is 4.53. The minimum atomic E-state index is 0.532. The summed E-state index contributed by atoms with van der Waals surface area (Å²) in [5.74, 6) is 0.532. The second kappa shape index (κ2) is 4.92. The molecule has 5 heteroatoms. The number of nitrogens with one attached hydrogen (secondary N) is 1. The van der Waals surface area contributed by atoms with Crippen molar-refractivity contribution in [2.45, 2.75) is 25.4 Å². The molecule has 0 radical (unpaired) electrons. The molecule has 0 spiro atoms. The molecule has 3 rings (SSSR count). The Bertz CT molecular complexity index is 564. The first-order chi connectivity index (χ1) is 8.72. The van der Waals surface area contributed by atoms with Crippen molar-refractivity contribution in [3.05, 3.63) is 40.2 Å². The molecule has 1 aliphatic rings. The fourth-order valence-corrected chi connectivity index (χ4v) is 2.20. The first-order valence-electron chi connectivity index (χ1n) is 5.85. The zero-order chi connectivity index (χ0) is 12.5. The summed E-state index contributed by atoms with van der Waals surface area (Å²) >= 11 is 12.0. The number of halogens is 2. The number of aromatic nitrogens is 1. The molecule has 1 fully saturated rings. The molecule has 1 aromatic carbocycles. The average Bonchev–Trinajstić information content (AvgIpc) is 3.05. The van der Waals surface area contributed by atoms with Crippen LogP contribution >= 0.6 is 23.2 Å². The van der Waals surface area contributed by atoms with Crippen molar-refractivity contribution >= 4 is 23.2 Å². The van der Waals surface area contributed by atoms with Gasteiger partial charge in [-0.3, -0.25) is 0 Å². The van der Waals surface area contributed by atoms with Gasteiger partial charge in [-0.2, -0.15) is 0 Å². The van der Waals surface area contributed by atoms with Gasteiger partial charge in [0.1, 0.15) is 6.26 Å². The molecular formula is C13H12Cl2N2O. The Morgan fingerprint density at radius 2 is 2.17 bits per heavy atom. The fraction of sp³-hybridized carbons (Fsp3) is 0.308. The van der Waals surface area contributed by atoms with E-state index in [1.54, 1.807) is 18.4 Å². The van der Waals surface area contributed by atoms with Gasteiger partial charge in [0, 0.05) is 17.6 Å². The van der Waals surface area contributed by atoms with E-state index in [0.717, 1.165) is 17.8 Å². The number of nitrogens with zero attached hydrogens (tertiary/aromatic N) is 1. The highest BCUT2D eigenvalue weighted by Crippen LogP contribution is 2.29. The first-order valence-corrected chi connectivity index (χ1v) is 6.61. The van der Waals surface area contributed by atoms with Crippen LogP contribution in [-0.2, 0) is 6.54 Å². The minimum Gasteiger partial charge on any atom is -0.444 e. The van der Waals surface area contributed by atoms with Gasteiger partial charge >= 0.3 is 0 Å². The normalized spacial score (nSPS) is 15.0. The largest absolute Gasteiger partial charge is 0.444 e. The minimum absolute atomic E-state index is 0.532. The molecule has 94 valence electrons. The van der Waals surface area contributed by atoms with Crippen molar-refractivity contribution in [2.24, 2.45) is 0 Å². The molecule has 0 amide bonds. The van der Waals surface area contributed by atoms with Gasteiger partial charge in [0.05, 0.1) is 16.3 Å². The summed E-state index contributed by atoms with van der Waals surface area (Å²) in [6, 6.07) is 5.93. The monoisotopic (exact) mass is 282 g/mol. The van der Waals surface area contributed by atoms with Crippen LogP contribution < -0.4 is 5.32 Å². The number of hydrogen-bond donors (Lipinski definition) is 1. The zero-order valence-corrected chi connectivity index (χ0v) is 11.1. The Labute approximate surface area is 115 Å². The SMILES string of the molecule is Clc1ccc(-c2nc(CNC3CC3)co2)c(Cl)c1. The third-order valence-electron chi connectivity index (χ3n) is 2.86. The molecule has 2 aromatic rings. The number of hydrogen-bond acceptors (Lipinski definition) is 3. The molecule has 1 N–H and O–H groups in total. The predicted molar refractivity (Wildman–Crippen MR) is 71.8 cm³/mol. The molecule has 18 heavy (non-hydrogen) atoms. The maximum atomic E-state index is 6.11. The highest BCUT2D eigenvalue weighted by Gasteiger charge is 2.20. The number of rotatable bonds is 4. The predicted octanol–water partition coefficient (Wildman–Crippen LogP) is 3.90. The summed E-state index contributed by atoms with van der Waals surface area (Å²) in [6.45, 7) is 0.735. The van der Waals surface area contributed by atoms with Crippen LogP contribution in [0.5, 0.6) is 0 Å². The second-order valence-corrected chi connectivity index (χ2v) is 5.27. The zero-order valence-electron chi connectivity index (χ0n) is 9.62. The van der Waals surface area contributed by atoms with Crippen LogP contribution in [0, 0.1) is 0 Å². The van der Waals surface area contributed by atoms with Gasteiger partial charge in [-0.05, 0) is 31.0 Å². The van der Waals surface area contributed by atoms with Crippen LogP contribution in [0.3, 0.4) is 0 Å². The average molecular weight is 283 g/mol. The van der Waals surface area contributed by atoms with E-state index in [0.29, 0.717) is 22.0 Å². The molecule has 1 heterocycles. The highest BCUT2D eigenvalue weighted by molar-refractivity contribution is 6.36. The van der Waals surface area contributed by atoms with Crippen molar-refractivity contribution in [3.63, 3.8) is 0 Å². The van der Waals surface area contributed by atoms with Gasteiger partial charge in [-0.15, -0.1) is 0 Å². The Balaban J connectivity index is 1.78. The van der Waals surface area contributed by atoms with Crippen LogP contribution in [0.4, 0.5) is 0 Å². The van der Waals surface area contributed by atoms with Crippen molar-refractivity contribution in [3.8, 4) is 11.5 Å². The Morgan fingerprint density at radius 3 is 2.89 bits per heavy atom. The maximum Gasteiger partial charge on any atom is 0.227 e. The van der Waals surface area contributed by atoms with Gasteiger partial charge in [-0.1, -0.05) is 23.2 Å². The molecule has 0 saturated heterocycles. The summed E-state index contributed by atoms with van der Waals surface area (Å²) in [4.78, 5) is 4.41. The summed E-state index contributed by atoms with van der Waals surface area (Å²) in [5.41, 5.74) is 1.65. The smallest absolute Gasteiger partial charge is 0.227 e. The van der Waals surface area contributed by atoms with Crippen LogP contribution in [0.25, 0.3) is 11.5 Å². The van der Waals surface area contributed by atoms with Gasteiger partial charge in [0.15, 0.2) is 0 Å². The van der Waals surface area contributed by atoms with Crippen molar-refractivity contribution < 1.29 is 4.42 Å². The standard InChI is InChI=1S/C13H12Cl2N2O/c14-8-1-4-11(12(15)5-8)13-17-10(7-18-13)6-16-9-2-3-9/h1,4-5,7,9,16H,2-3,6H2. The van der Waals surface area contributed by atoms with Crippen LogP contribution in [0.15, 0.2) is 28.9 Å². The number of benzene rings is 1. The van der Waals surface area contributed by atoms with E-state index in [1.807, 2.05) is 6.07 Å². The van der Waals surface area contributed by atoms with Gasteiger partial charge in [-0.25, -0.2) is 4.98 Å². The van der Waals surface area contributed by atoms with Gasteiger partial charge in [0.2, 0.25) is 5.89 Å². The molecule has 1 saturated carbocycles. The molecule has 3 nitrogen and oxygen atoms in total. The summed E-state index contributed by atoms with van der Waals surface area (Å²) in [6.07, 6.45) is 4.18. The van der Waals surface area contributed by atoms with Crippen molar-refractivity contribution in [2.75, 3.05) is 0 Å². The molecule has 1 aromatic heterocycles. The summed E-state index contributed by atoms with van der Waals surface area (Å²) < 4.78 is 5.45.